The molecule has 1 atom stereocenters. The van der Waals surface area contributed by atoms with Gasteiger partial charge in [-0.25, -0.2) is 4.90 Å². The van der Waals surface area contributed by atoms with Crippen LogP contribution >= 0.6 is 23.1 Å². The van der Waals surface area contributed by atoms with Gasteiger partial charge in [0.05, 0.1) is 16.8 Å². The Balaban J connectivity index is 2.07. The summed E-state index contributed by atoms with van der Waals surface area (Å²) in [7, 11) is 0. The first-order valence-corrected chi connectivity index (χ1v) is 10.1. The highest BCUT2D eigenvalue weighted by Gasteiger charge is 2.44. The summed E-state index contributed by atoms with van der Waals surface area (Å²) in [5.41, 5.74) is 2.62. The van der Waals surface area contributed by atoms with Crippen LogP contribution in [0.1, 0.15) is 25.6 Å². The Bertz CT molecular complexity index is 1030. The highest BCUT2D eigenvalue weighted by atomic mass is 32.2. The van der Waals surface area contributed by atoms with E-state index in [2.05, 4.69) is 10.1 Å². The molecule has 8 heteroatoms. The van der Waals surface area contributed by atoms with E-state index in [9.17, 15) is 9.59 Å². The maximum absolute atomic E-state index is 12.9. The van der Waals surface area contributed by atoms with Gasteiger partial charge < -0.3 is 0 Å². The van der Waals surface area contributed by atoms with Crippen molar-refractivity contribution in [2.45, 2.75) is 25.2 Å². The normalized spacial score (nSPS) is 15.5. The molecule has 6 nitrogen and oxygen atoms in total. The van der Waals surface area contributed by atoms with Crippen molar-refractivity contribution in [2.24, 2.45) is 0 Å². The smallest absolute Gasteiger partial charge is 0.291 e. The second-order valence-electron chi connectivity index (χ2n) is 5.82. The Hall–Kier alpha value is -2.45. The third-order valence-electron chi connectivity index (χ3n) is 4.22. The molecule has 0 saturated heterocycles. The SMILES string of the molecule is CCSc1n[n+]2c(c(=O)[nH]1)-c1ccccc1N(C(C)=O)C2c1ccsc1. The molecule has 2 aromatic heterocycles. The number of thiophene rings is 1. The Morgan fingerprint density at radius 3 is 2.88 bits per heavy atom. The molecule has 1 aliphatic rings. The molecule has 1 aliphatic heterocycles. The molecule has 0 fully saturated rings. The number of carbonyl (C=O) groups excluding carboxylic acids is 1. The summed E-state index contributed by atoms with van der Waals surface area (Å²) in [6.07, 6.45) is -0.484. The number of H-pyrrole nitrogens is 1. The molecule has 132 valence electrons. The van der Waals surface area contributed by atoms with Crippen molar-refractivity contribution in [3.8, 4) is 11.3 Å². The van der Waals surface area contributed by atoms with Crippen molar-refractivity contribution in [1.29, 1.82) is 0 Å². The van der Waals surface area contributed by atoms with Crippen LogP contribution < -0.4 is 15.1 Å². The maximum atomic E-state index is 12.9. The molecular formula is C18H17N4O2S2+. The number of carbonyl (C=O) groups is 1. The van der Waals surface area contributed by atoms with E-state index in [4.69, 9.17) is 0 Å². The van der Waals surface area contributed by atoms with Gasteiger partial charge in [0.2, 0.25) is 11.1 Å². The topological polar surface area (TPSA) is 69.9 Å². The van der Waals surface area contributed by atoms with Gasteiger partial charge in [-0.15, -0.1) is 0 Å². The zero-order chi connectivity index (χ0) is 18.3. The van der Waals surface area contributed by atoms with Crippen LogP contribution in [0, 0.1) is 0 Å². The number of aromatic amines is 1. The van der Waals surface area contributed by atoms with E-state index in [0.717, 1.165) is 17.0 Å². The number of anilines is 1. The average molecular weight is 385 g/mol. The van der Waals surface area contributed by atoms with Gasteiger partial charge in [-0.1, -0.05) is 30.8 Å². The van der Waals surface area contributed by atoms with Crippen molar-refractivity contribution in [3.05, 3.63) is 57.0 Å². The average Bonchev–Trinajstić information content (AvgIpc) is 3.14. The maximum Gasteiger partial charge on any atom is 0.325 e. The molecule has 3 heterocycles. The van der Waals surface area contributed by atoms with Crippen molar-refractivity contribution in [2.75, 3.05) is 10.7 Å². The van der Waals surface area contributed by atoms with Crippen molar-refractivity contribution >= 4 is 34.7 Å². The standard InChI is InChI=1S/C18H16N4O2S2/c1-3-26-18-19-16(24)15-13-6-4-5-7-14(13)21(11(2)23)17(22(15)20-18)12-8-9-25-10-12/h4-10,17H,3H2,1-2H3/p+1. The summed E-state index contributed by atoms with van der Waals surface area (Å²) in [6.45, 7) is 3.54. The molecule has 1 aromatic carbocycles. The lowest BCUT2D eigenvalue weighted by Gasteiger charge is -2.30. The predicted molar refractivity (Wildman–Crippen MR) is 103 cm³/mol. The number of nitrogens with zero attached hydrogens (tertiary/aromatic N) is 3. The minimum absolute atomic E-state index is 0.0985. The molecule has 1 N–H and O–H groups in total. The number of hydrogen-bond donors (Lipinski definition) is 1. The number of fused-ring (bicyclic) bond motifs is 3. The first kappa shape index (κ1) is 17.0. The Morgan fingerprint density at radius 2 is 2.19 bits per heavy atom. The van der Waals surface area contributed by atoms with Crippen LogP contribution in [0.25, 0.3) is 11.3 Å². The number of amides is 1. The van der Waals surface area contributed by atoms with Gasteiger partial charge in [0.1, 0.15) is 0 Å². The zero-order valence-electron chi connectivity index (χ0n) is 14.3. The van der Waals surface area contributed by atoms with Crippen LogP contribution in [-0.2, 0) is 4.79 Å². The van der Waals surface area contributed by atoms with E-state index in [1.54, 1.807) is 20.9 Å². The minimum atomic E-state index is -0.484. The number of rotatable bonds is 3. The predicted octanol–water partition coefficient (Wildman–Crippen LogP) is 2.81. The van der Waals surface area contributed by atoms with Gasteiger partial charge in [-0.05, 0) is 34.0 Å². The number of nitrogens with one attached hydrogen (secondary N) is 1. The number of thioether (sulfide) groups is 1. The highest BCUT2D eigenvalue weighted by molar-refractivity contribution is 7.99. The van der Waals surface area contributed by atoms with Crippen LogP contribution in [0.4, 0.5) is 5.69 Å². The third kappa shape index (κ3) is 2.65. The van der Waals surface area contributed by atoms with Crippen molar-refractivity contribution in [3.63, 3.8) is 0 Å². The molecule has 0 bridgehead atoms. The van der Waals surface area contributed by atoms with E-state index in [1.807, 2.05) is 48.0 Å². The van der Waals surface area contributed by atoms with Gasteiger partial charge in [-0.3, -0.25) is 14.6 Å². The molecule has 26 heavy (non-hydrogen) atoms. The summed E-state index contributed by atoms with van der Waals surface area (Å²) in [4.78, 5) is 30.0. The lowest BCUT2D eigenvalue weighted by molar-refractivity contribution is -0.763. The molecule has 3 aromatic rings. The fourth-order valence-electron chi connectivity index (χ4n) is 3.24. The molecule has 0 radical (unpaired) electrons. The summed E-state index contributed by atoms with van der Waals surface area (Å²) in [6, 6.07) is 9.42. The molecular weight excluding hydrogens is 368 g/mol. The molecule has 0 spiro atoms. The van der Waals surface area contributed by atoms with E-state index >= 15 is 0 Å². The van der Waals surface area contributed by atoms with E-state index < -0.39 is 6.17 Å². The van der Waals surface area contributed by atoms with Crippen LogP contribution in [0.15, 0.2) is 51.0 Å². The highest BCUT2D eigenvalue weighted by Crippen LogP contribution is 2.37. The first-order valence-electron chi connectivity index (χ1n) is 8.22. The Morgan fingerprint density at radius 1 is 1.38 bits per heavy atom. The molecule has 1 unspecified atom stereocenters. The molecule has 4 rings (SSSR count). The van der Waals surface area contributed by atoms with Gasteiger partial charge in [0.15, 0.2) is 0 Å². The number of benzene rings is 1. The van der Waals surface area contributed by atoms with Crippen LogP contribution in [0.3, 0.4) is 0 Å². The number of aromatic nitrogens is 3. The fraction of sp³-hybridized carbons (Fsp3) is 0.222. The van der Waals surface area contributed by atoms with Crippen LogP contribution in [0.2, 0.25) is 0 Å². The van der Waals surface area contributed by atoms with E-state index in [0.29, 0.717) is 16.4 Å². The van der Waals surface area contributed by atoms with Gasteiger partial charge >= 0.3 is 11.3 Å². The van der Waals surface area contributed by atoms with Crippen molar-refractivity contribution in [1.82, 2.24) is 10.1 Å². The third-order valence-corrected chi connectivity index (χ3v) is 5.67. The van der Waals surface area contributed by atoms with Crippen LogP contribution in [-0.4, -0.2) is 21.7 Å². The number of hydrogen-bond acceptors (Lipinski definition) is 5. The lowest BCUT2D eigenvalue weighted by Crippen LogP contribution is -2.60. The second-order valence-corrected chi connectivity index (χ2v) is 7.85. The quantitative estimate of drug-likeness (QED) is 0.556. The minimum Gasteiger partial charge on any atom is -0.291 e. The van der Waals surface area contributed by atoms with E-state index in [1.165, 1.54) is 18.7 Å². The van der Waals surface area contributed by atoms with Gasteiger partial charge in [-0.2, -0.15) is 11.3 Å². The summed E-state index contributed by atoms with van der Waals surface area (Å²) >= 11 is 3.02. The monoisotopic (exact) mass is 385 g/mol. The summed E-state index contributed by atoms with van der Waals surface area (Å²) in [5, 5.41) is 9.16. The molecule has 0 aliphatic carbocycles. The Kier molecular flexibility index (Phi) is 4.37. The second kappa shape index (κ2) is 6.69. The number of para-hydroxylation sites is 1. The summed E-state index contributed by atoms with van der Waals surface area (Å²) < 4.78 is 1.68. The van der Waals surface area contributed by atoms with Crippen molar-refractivity contribution < 1.29 is 9.48 Å². The largest absolute Gasteiger partial charge is 0.325 e. The van der Waals surface area contributed by atoms with Gasteiger partial charge in [0.25, 0.3) is 6.17 Å². The van der Waals surface area contributed by atoms with Gasteiger partial charge in [0, 0.05) is 17.4 Å². The first-order chi connectivity index (χ1) is 12.6. The summed E-state index contributed by atoms with van der Waals surface area (Å²) in [5.74, 6) is 0.692. The fourth-order valence-corrected chi connectivity index (χ4v) is 4.49. The molecule has 0 saturated carbocycles. The lowest BCUT2D eigenvalue weighted by atomic mass is 10.0. The van der Waals surface area contributed by atoms with Crippen LogP contribution in [0.5, 0.6) is 0 Å². The van der Waals surface area contributed by atoms with E-state index in [-0.39, 0.29) is 11.5 Å². The molecule has 1 amide bonds. The Labute approximate surface area is 158 Å². The zero-order valence-corrected chi connectivity index (χ0v) is 15.9.